The van der Waals surface area contributed by atoms with Crippen molar-refractivity contribution in [2.45, 2.75) is 64.2 Å². The molecule has 0 aromatic heterocycles. The van der Waals surface area contributed by atoms with Crippen LogP contribution >= 0.6 is 0 Å². The predicted molar refractivity (Wildman–Crippen MR) is 68.7 cm³/mol. The van der Waals surface area contributed by atoms with Gasteiger partial charge >= 0.3 is 0 Å². The van der Waals surface area contributed by atoms with Crippen LogP contribution in [0.25, 0.3) is 0 Å². The van der Waals surface area contributed by atoms with Crippen molar-refractivity contribution in [2.75, 3.05) is 13.1 Å². The Morgan fingerprint density at radius 2 is 0.583 bits per heavy atom. The maximum absolute atomic E-state index is 8.60. The van der Waals surface area contributed by atoms with Gasteiger partial charge in [0.15, 0.2) is 0 Å². The van der Waals surface area contributed by atoms with Gasteiger partial charge in [-0.1, -0.05) is 51.4 Å². The summed E-state index contributed by atoms with van der Waals surface area (Å²) in [5, 5.41) is 0. The highest BCUT2D eigenvalue weighted by molar-refractivity contribution is 4.48. The van der Waals surface area contributed by atoms with E-state index in [2.05, 4.69) is 0 Å². The maximum atomic E-state index is 8.60. The SMILES string of the molecule is NCCCCCCCCCCCCN.[O-][Cl+3]([O-])([O-])O.[O-][Cl+3]([O-])([O-])O. The van der Waals surface area contributed by atoms with Gasteiger partial charge in [0, 0.05) is 0 Å². The van der Waals surface area contributed by atoms with Gasteiger partial charge in [0.05, 0.1) is 29.8 Å². The molecule has 0 aromatic rings. The lowest BCUT2D eigenvalue weighted by molar-refractivity contribution is -1.92. The number of unbranched alkanes of at least 4 members (excludes halogenated alkanes) is 9. The summed E-state index contributed by atoms with van der Waals surface area (Å²) in [6, 6.07) is 0. The Hall–Kier alpha value is 0.180. The lowest BCUT2D eigenvalue weighted by atomic mass is 10.1. The number of halogens is 2. The third-order valence-electron chi connectivity index (χ3n) is 2.66. The summed E-state index contributed by atoms with van der Waals surface area (Å²) >= 11 is 0. The fourth-order valence-electron chi connectivity index (χ4n) is 1.70. The molecule has 0 heterocycles. The molecule has 0 aliphatic carbocycles. The second-order valence-corrected chi connectivity index (χ2v) is 6.49. The van der Waals surface area contributed by atoms with Crippen LogP contribution in [-0.2, 0) is 0 Å². The van der Waals surface area contributed by atoms with Gasteiger partial charge in [0.25, 0.3) is 0 Å². The minimum absolute atomic E-state index is 0.860. The van der Waals surface area contributed by atoms with E-state index in [1.54, 1.807) is 0 Å². The Bertz CT molecular complexity index is 204. The topological polar surface area (TPSA) is 231 Å². The quantitative estimate of drug-likeness (QED) is 0.240. The highest BCUT2D eigenvalue weighted by Crippen LogP contribution is 2.09. The van der Waals surface area contributed by atoms with Gasteiger partial charge in [0.1, 0.15) is 0 Å². The van der Waals surface area contributed by atoms with Gasteiger partial charge < -0.3 is 11.5 Å². The number of hydrogen-bond donors (Lipinski definition) is 4. The first-order valence-electron chi connectivity index (χ1n) is 7.58. The monoisotopic (exact) mass is 400 g/mol. The molecule has 0 amide bonds. The van der Waals surface area contributed by atoms with Gasteiger partial charge in [-0.05, 0) is 25.9 Å². The third kappa shape index (κ3) is 79.6. The Morgan fingerprint density at radius 1 is 0.458 bits per heavy atom. The summed E-state index contributed by atoms with van der Waals surface area (Å²) in [7, 11) is -9.39. The molecule has 6 N–H and O–H groups in total. The molecule has 0 bridgehead atoms. The molecular formula is C12H30Cl2N2O8. The molecule has 0 fully saturated rings. The molecular weight excluding hydrogens is 371 g/mol. The zero-order valence-electron chi connectivity index (χ0n) is 13.7. The smallest absolute Gasteiger partial charge is 0.0777 e. The molecule has 0 spiro atoms. The molecule has 0 aliphatic heterocycles. The molecule has 0 rings (SSSR count). The van der Waals surface area contributed by atoms with Crippen molar-refractivity contribution < 1.29 is 57.8 Å². The van der Waals surface area contributed by atoms with E-state index in [1.165, 1.54) is 64.2 Å². The lowest BCUT2D eigenvalue weighted by Gasteiger charge is -2.03. The van der Waals surface area contributed by atoms with Gasteiger partial charge in [-0.15, -0.1) is 0 Å². The second kappa shape index (κ2) is 19.5. The first-order chi connectivity index (χ1) is 10.9. The zero-order valence-corrected chi connectivity index (χ0v) is 15.3. The third-order valence-corrected chi connectivity index (χ3v) is 2.66. The molecule has 0 aromatic carbocycles. The van der Waals surface area contributed by atoms with Gasteiger partial charge in [-0.3, -0.25) is 0 Å². The van der Waals surface area contributed by atoms with Crippen molar-refractivity contribution in [1.29, 1.82) is 0 Å². The predicted octanol–water partition coefficient (Wildman–Crippen LogP) is -5.44. The minimum Gasteiger partial charge on any atom is -0.330 e. The van der Waals surface area contributed by atoms with E-state index >= 15 is 0 Å². The average Bonchev–Trinajstić information content (AvgIpc) is 2.37. The summed E-state index contributed by atoms with van der Waals surface area (Å²) in [5.74, 6) is 0. The summed E-state index contributed by atoms with van der Waals surface area (Å²) in [4.78, 5) is 0. The van der Waals surface area contributed by atoms with Gasteiger partial charge in [-0.2, -0.15) is 28.0 Å². The molecule has 0 saturated heterocycles. The van der Waals surface area contributed by atoms with Crippen molar-refractivity contribution in [1.82, 2.24) is 0 Å². The van der Waals surface area contributed by atoms with E-state index in [1.807, 2.05) is 0 Å². The van der Waals surface area contributed by atoms with Crippen LogP contribution in [0.3, 0.4) is 0 Å². The highest BCUT2D eigenvalue weighted by atomic mass is 35.7. The van der Waals surface area contributed by atoms with Crippen LogP contribution in [0, 0.1) is 20.5 Å². The molecule has 0 radical (unpaired) electrons. The Labute approximate surface area is 147 Å². The van der Waals surface area contributed by atoms with Crippen molar-refractivity contribution in [3.63, 3.8) is 0 Å². The lowest BCUT2D eigenvalue weighted by Crippen LogP contribution is -2.58. The van der Waals surface area contributed by atoms with E-state index in [-0.39, 0.29) is 0 Å². The van der Waals surface area contributed by atoms with Crippen LogP contribution in [0.4, 0.5) is 0 Å². The summed E-state index contributed by atoms with van der Waals surface area (Å²) in [5.41, 5.74) is 10.9. The first-order valence-corrected chi connectivity index (χ1v) is 10.1. The van der Waals surface area contributed by atoms with Crippen LogP contribution in [0.2, 0.25) is 0 Å². The number of hydrogen-bond acceptors (Lipinski definition) is 10. The van der Waals surface area contributed by atoms with E-state index in [0.717, 1.165) is 13.1 Å². The number of rotatable bonds is 11. The summed E-state index contributed by atoms with van der Waals surface area (Å²) in [6.45, 7) is 1.72. The summed E-state index contributed by atoms with van der Waals surface area (Å²) in [6.07, 6.45) is 13.4. The van der Waals surface area contributed by atoms with E-state index < -0.39 is 20.5 Å². The van der Waals surface area contributed by atoms with E-state index in [4.69, 9.17) is 48.7 Å². The standard InChI is InChI=1S/C12H28N2.2ClHO4/c13-11-9-7-5-3-1-2-4-6-8-10-12-14;2*2-1(3,4)5/h1-14H2;2*(H,2,3,4,5). The van der Waals surface area contributed by atoms with E-state index in [0.29, 0.717) is 0 Å². The molecule has 0 aliphatic rings. The highest BCUT2D eigenvalue weighted by Gasteiger charge is 1.99. The first kappa shape index (κ1) is 29.0. The fourth-order valence-corrected chi connectivity index (χ4v) is 1.70. The van der Waals surface area contributed by atoms with Crippen LogP contribution in [0.5, 0.6) is 0 Å². The molecule has 24 heavy (non-hydrogen) atoms. The van der Waals surface area contributed by atoms with E-state index in [9.17, 15) is 0 Å². The number of nitrogens with two attached hydrogens (primary N) is 2. The molecule has 150 valence electrons. The average molecular weight is 401 g/mol. The molecule has 0 saturated carbocycles. The Morgan fingerprint density at radius 3 is 0.708 bits per heavy atom. The van der Waals surface area contributed by atoms with Gasteiger partial charge in [0.2, 0.25) is 0 Å². The normalized spacial score (nSPS) is 11.2. The molecule has 0 unspecified atom stereocenters. The van der Waals surface area contributed by atoms with Crippen LogP contribution in [0.1, 0.15) is 64.2 Å². The van der Waals surface area contributed by atoms with Crippen LogP contribution in [-0.4, -0.2) is 22.4 Å². The summed E-state index contributed by atoms with van der Waals surface area (Å²) < 4.78 is 65.4. The van der Waals surface area contributed by atoms with Crippen molar-refractivity contribution in [3.05, 3.63) is 0 Å². The van der Waals surface area contributed by atoms with Gasteiger partial charge in [-0.25, -0.2) is 0 Å². The second-order valence-electron chi connectivity index (χ2n) is 4.90. The Kier molecular flexibility index (Phi) is 23.5. The van der Waals surface area contributed by atoms with Crippen molar-refractivity contribution >= 4 is 0 Å². The fraction of sp³-hybridized carbons (Fsp3) is 1.00. The Balaban J connectivity index is -0.000000361. The van der Waals surface area contributed by atoms with Crippen molar-refractivity contribution in [3.8, 4) is 0 Å². The zero-order chi connectivity index (χ0) is 19.5. The van der Waals surface area contributed by atoms with Crippen molar-refractivity contribution in [2.24, 2.45) is 11.5 Å². The van der Waals surface area contributed by atoms with Crippen LogP contribution in [0.15, 0.2) is 0 Å². The minimum atomic E-state index is -4.69. The van der Waals surface area contributed by atoms with Crippen LogP contribution < -0.4 is 39.4 Å². The molecule has 0 atom stereocenters. The molecule has 12 heteroatoms. The maximum Gasteiger partial charge on any atom is 0.0777 e. The molecule has 10 nitrogen and oxygen atoms in total. The largest absolute Gasteiger partial charge is 0.330 e.